The number of aromatic nitrogens is 2. The Morgan fingerprint density at radius 2 is 1.83 bits per heavy atom. The standard InChI is InChI=1S/C18H25N5O/c1-14-13-23(16-7-5-4-6-8-16)20-17(14)19-18(24)15(2)22-11-9-21(3)10-12-22/h4-8,13,15H,9-12H2,1-3H3,(H,19,20,24). The second-order valence-electron chi connectivity index (χ2n) is 6.45. The lowest BCUT2D eigenvalue weighted by molar-refractivity contribution is -0.121. The van der Waals surface area contributed by atoms with Crippen LogP contribution in [0.25, 0.3) is 5.69 Å². The molecular weight excluding hydrogens is 302 g/mol. The van der Waals surface area contributed by atoms with Gasteiger partial charge in [-0.05, 0) is 33.0 Å². The van der Waals surface area contributed by atoms with Crippen LogP contribution in [0.5, 0.6) is 0 Å². The van der Waals surface area contributed by atoms with Gasteiger partial charge in [0.05, 0.1) is 11.7 Å². The number of aryl methyl sites for hydroxylation is 1. The monoisotopic (exact) mass is 327 g/mol. The zero-order valence-corrected chi connectivity index (χ0v) is 14.6. The van der Waals surface area contributed by atoms with E-state index in [0.717, 1.165) is 37.4 Å². The topological polar surface area (TPSA) is 53.4 Å². The van der Waals surface area contributed by atoms with E-state index in [0.29, 0.717) is 5.82 Å². The van der Waals surface area contributed by atoms with Crippen LogP contribution in [0.4, 0.5) is 5.82 Å². The number of anilines is 1. The van der Waals surface area contributed by atoms with Crippen LogP contribution in [0.1, 0.15) is 12.5 Å². The molecule has 1 aliphatic heterocycles. The predicted molar refractivity (Wildman–Crippen MR) is 95.5 cm³/mol. The second-order valence-corrected chi connectivity index (χ2v) is 6.45. The minimum Gasteiger partial charge on any atom is -0.308 e. The fraction of sp³-hybridized carbons (Fsp3) is 0.444. The predicted octanol–water partition coefficient (Wildman–Crippen LogP) is 1.76. The first-order valence-corrected chi connectivity index (χ1v) is 8.40. The third-order valence-corrected chi connectivity index (χ3v) is 4.62. The molecule has 1 aromatic carbocycles. The van der Waals surface area contributed by atoms with E-state index in [1.165, 1.54) is 0 Å². The van der Waals surface area contributed by atoms with Gasteiger partial charge in [-0.2, -0.15) is 0 Å². The quantitative estimate of drug-likeness (QED) is 0.930. The lowest BCUT2D eigenvalue weighted by atomic mass is 10.2. The number of hydrogen-bond acceptors (Lipinski definition) is 4. The van der Waals surface area contributed by atoms with Crippen LogP contribution in [-0.2, 0) is 4.79 Å². The summed E-state index contributed by atoms with van der Waals surface area (Å²) in [6, 6.07) is 9.75. The molecule has 0 bridgehead atoms. The highest BCUT2D eigenvalue weighted by Crippen LogP contribution is 2.16. The van der Waals surface area contributed by atoms with Crippen LogP contribution in [0.3, 0.4) is 0 Å². The van der Waals surface area contributed by atoms with E-state index in [1.54, 1.807) is 4.68 Å². The Hall–Kier alpha value is -2.18. The van der Waals surface area contributed by atoms with Crippen molar-refractivity contribution >= 4 is 11.7 Å². The summed E-state index contributed by atoms with van der Waals surface area (Å²) in [5.74, 6) is 0.630. The maximum absolute atomic E-state index is 12.6. The van der Waals surface area contributed by atoms with Crippen molar-refractivity contribution in [2.45, 2.75) is 19.9 Å². The van der Waals surface area contributed by atoms with Crippen LogP contribution in [-0.4, -0.2) is 64.8 Å². The summed E-state index contributed by atoms with van der Waals surface area (Å²) in [6.07, 6.45) is 1.94. The molecule has 6 heteroatoms. The number of piperazine rings is 1. The molecule has 24 heavy (non-hydrogen) atoms. The summed E-state index contributed by atoms with van der Waals surface area (Å²) in [4.78, 5) is 17.1. The van der Waals surface area contributed by atoms with Gasteiger partial charge in [0.2, 0.25) is 5.91 Å². The molecule has 1 aromatic heterocycles. The lowest BCUT2D eigenvalue weighted by Gasteiger charge is -2.35. The summed E-state index contributed by atoms with van der Waals surface area (Å²) < 4.78 is 1.80. The number of nitrogens with zero attached hydrogens (tertiary/aromatic N) is 4. The number of rotatable bonds is 4. The van der Waals surface area contributed by atoms with Gasteiger partial charge in [-0.3, -0.25) is 9.69 Å². The first-order valence-electron chi connectivity index (χ1n) is 8.40. The average Bonchev–Trinajstić information content (AvgIpc) is 2.96. The van der Waals surface area contributed by atoms with Crippen molar-refractivity contribution in [3.8, 4) is 5.69 Å². The Morgan fingerprint density at radius 3 is 2.50 bits per heavy atom. The molecule has 0 spiro atoms. The molecule has 0 saturated carbocycles. The number of hydrogen-bond donors (Lipinski definition) is 1. The van der Waals surface area contributed by atoms with Crippen LogP contribution in [0.15, 0.2) is 36.5 Å². The third kappa shape index (κ3) is 3.66. The molecule has 2 heterocycles. The van der Waals surface area contributed by atoms with E-state index in [1.807, 2.05) is 50.4 Å². The smallest absolute Gasteiger partial charge is 0.242 e. The Balaban J connectivity index is 1.67. The Bertz CT molecular complexity index is 689. The van der Waals surface area contributed by atoms with Gasteiger partial charge in [0.1, 0.15) is 0 Å². The molecule has 1 unspecified atom stereocenters. The van der Waals surface area contributed by atoms with Gasteiger partial charge in [0, 0.05) is 37.9 Å². The zero-order valence-electron chi connectivity index (χ0n) is 14.6. The molecule has 1 amide bonds. The summed E-state index contributed by atoms with van der Waals surface area (Å²) in [5.41, 5.74) is 1.94. The molecule has 128 valence electrons. The highest BCUT2D eigenvalue weighted by atomic mass is 16.2. The lowest BCUT2D eigenvalue weighted by Crippen LogP contribution is -2.51. The zero-order chi connectivity index (χ0) is 17.1. The first kappa shape index (κ1) is 16.7. The van der Waals surface area contributed by atoms with E-state index >= 15 is 0 Å². The molecule has 1 atom stereocenters. The van der Waals surface area contributed by atoms with E-state index in [2.05, 4.69) is 27.3 Å². The van der Waals surface area contributed by atoms with Crippen LogP contribution < -0.4 is 5.32 Å². The average molecular weight is 327 g/mol. The normalized spacial score (nSPS) is 17.6. The molecule has 1 saturated heterocycles. The first-order chi connectivity index (χ1) is 11.5. The summed E-state index contributed by atoms with van der Waals surface area (Å²) in [6.45, 7) is 7.76. The number of carbonyl (C=O) groups excluding carboxylic acids is 1. The summed E-state index contributed by atoms with van der Waals surface area (Å²) >= 11 is 0. The van der Waals surface area contributed by atoms with Crippen molar-refractivity contribution in [2.75, 3.05) is 38.5 Å². The van der Waals surface area contributed by atoms with Crippen molar-refractivity contribution in [2.24, 2.45) is 0 Å². The fourth-order valence-electron chi connectivity index (χ4n) is 2.89. The highest BCUT2D eigenvalue weighted by Gasteiger charge is 2.25. The molecule has 0 radical (unpaired) electrons. The van der Waals surface area contributed by atoms with Crippen molar-refractivity contribution in [3.63, 3.8) is 0 Å². The Kier molecular flexibility index (Phi) is 4.97. The largest absolute Gasteiger partial charge is 0.308 e. The number of benzene rings is 1. The molecule has 1 aliphatic rings. The minimum atomic E-state index is -0.153. The minimum absolute atomic E-state index is 0.000893. The molecule has 0 aliphatic carbocycles. The van der Waals surface area contributed by atoms with Crippen LogP contribution in [0.2, 0.25) is 0 Å². The van der Waals surface area contributed by atoms with E-state index in [9.17, 15) is 4.79 Å². The maximum atomic E-state index is 12.6. The molecular formula is C18H25N5O. The molecule has 2 aromatic rings. The van der Waals surface area contributed by atoms with Gasteiger partial charge in [-0.15, -0.1) is 5.10 Å². The number of para-hydroxylation sites is 1. The Morgan fingerprint density at radius 1 is 1.17 bits per heavy atom. The van der Waals surface area contributed by atoms with Crippen molar-refractivity contribution in [3.05, 3.63) is 42.1 Å². The van der Waals surface area contributed by atoms with Crippen molar-refractivity contribution in [1.82, 2.24) is 19.6 Å². The fourth-order valence-corrected chi connectivity index (χ4v) is 2.89. The number of nitrogens with one attached hydrogen (secondary N) is 1. The van der Waals surface area contributed by atoms with Crippen molar-refractivity contribution < 1.29 is 4.79 Å². The number of carbonyl (C=O) groups is 1. The van der Waals surface area contributed by atoms with Gasteiger partial charge >= 0.3 is 0 Å². The van der Waals surface area contributed by atoms with Gasteiger partial charge in [-0.1, -0.05) is 18.2 Å². The van der Waals surface area contributed by atoms with Crippen molar-refractivity contribution in [1.29, 1.82) is 0 Å². The molecule has 6 nitrogen and oxygen atoms in total. The van der Waals surface area contributed by atoms with Gasteiger partial charge in [0.15, 0.2) is 5.82 Å². The van der Waals surface area contributed by atoms with E-state index < -0.39 is 0 Å². The second kappa shape index (κ2) is 7.15. The van der Waals surface area contributed by atoms with Gasteiger partial charge in [0.25, 0.3) is 0 Å². The maximum Gasteiger partial charge on any atom is 0.242 e. The molecule has 3 rings (SSSR count). The number of amides is 1. The third-order valence-electron chi connectivity index (χ3n) is 4.62. The van der Waals surface area contributed by atoms with E-state index in [4.69, 9.17) is 0 Å². The van der Waals surface area contributed by atoms with Crippen LogP contribution >= 0.6 is 0 Å². The molecule has 1 fully saturated rings. The summed E-state index contributed by atoms with van der Waals surface area (Å²) in [5, 5.41) is 7.50. The van der Waals surface area contributed by atoms with Gasteiger partial charge in [-0.25, -0.2) is 4.68 Å². The summed E-state index contributed by atoms with van der Waals surface area (Å²) in [7, 11) is 2.11. The number of likely N-dealkylation sites (N-methyl/N-ethyl adjacent to an activating group) is 1. The van der Waals surface area contributed by atoms with Crippen LogP contribution in [0, 0.1) is 6.92 Å². The Labute approximate surface area is 143 Å². The highest BCUT2D eigenvalue weighted by molar-refractivity contribution is 5.94. The van der Waals surface area contributed by atoms with Gasteiger partial charge < -0.3 is 10.2 Å². The van der Waals surface area contributed by atoms with E-state index in [-0.39, 0.29) is 11.9 Å². The molecule has 1 N–H and O–H groups in total. The SMILES string of the molecule is Cc1cn(-c2ccccc2)nc1NC(=O)C(C)N1CCN(C)CC1.